The van der Waals surface area contributed by atoms with Crippen LogP contribution < -0.4 is 10.2 Å². The van der Waals surface area contributed by atoms with Crippen molar-refractivity contribution in [1.29, 1.82) is 0 Å². The number of amides is 2. The molecule has 0 radical (unpaired) electrons. The minimum Gasteiger partial charge on any atom is -0.373 e. The van der Waals surface area contributed by atoms with Gasteiger partial charge in [0, 0.05) is 5.69 Å². The molecule has 3 rings (SSSR count). The molecule has 124 valence electrons. The number of rotatable bonds is 3. The largest absolute Gasteiger partial charge is 0.373 e. The van der Waals surface area contributed by atoms with Gasteiger partial charge in [0.15, 0.2) is 0 Å². The van der Waals surface area contributed by atoms with Gasteiger partial charge in [0.25, 0.3) is 5.91 Å². The third kappa shape index (κ3) is 2.89. The van der Waals surface area contributed by atoms with E-state index in [9.17, 15) is 14.0 Å². The molecule has 1 saturated heterocycles. The number of imide groups is 1. The maximum atomic E-state index is 13.3. The fourth-order valence-corrected chi connectivity index (χ4v) is 3.28. The van der Waals surface area contributed by atoms with Crippen LogP contribution in [0.2, 0.25) is 0 Å². The fraction of sp³-hybridized carbons (Fsp3) is 0.263. The molecule has 1 atom stereocenters. The SMILES string of the molecule is Cc1cc(C)c(N2C(=O)C[C@H](Nc3cccc(F)c3)C2=O)c(C)c1. The quantitative estimate of drug-likeness (QED) is 0.878. The Labute approximate surface area is 140 Å². The number of anilines is 2. The summed E-state index contributed by atoms with van der Waals surface area (Å²) in [7, 11) is 0. The van der Waals surface area contributed by atoms with Crippen molar-refractivity contribution in [3.05, 3.63) is 58.9 Å². The average Bonchev–Trinajstić information content (AvgIpc) is 2.74. The minimum atomic E-state index is -0.681. The number of nitrogens with zero attached hydrogens (tertiary/aromatic N) is 1. The van der Waals surface area contributed by atoms with Crippen LogP contribution in [0, 0.1) is 26.6 Å². The van der Waals surface area contributed by atoms with Gasteiger partial charge in [0.2, 0.25) is 5.91 Å². The van der Waals surface area contributed by atoms with Gasteiger partial charge < -0.3 is 5.32 Å². The summed E-state index contributed by atoms with van der Waals surface area (Å²) in [5, 5.41) is 2.96. The van der Waals surface area contributed by atoms with E-state index in [1.165, 1.54) is 17.0 Å². The van der Waals surface area contributed by atoms with Gasteiger partial charge in [-0.15, -0.1) is 0 Å². The smallest absolute Gasteiger partial charge is 0.256 e. The second-order valence-electron chi connectivity index (χ2n) is 6.23. The Morgan fingerprint density at radius 3 is 2.38 bits per heavy atom. The summed E-state index contributed by atoms with van der Waals surface area (Å²) in [5.74, 6) is -0.942. The van der Waals surface area contributed by atoms with Crippen LogP contribution in [0.25, 0.3) is 0 Å². The first-order valence-electron chi connectivity index (χ1n) is 7.83. The van der Waals surface area contributed by atoms with Gasteiger partial charge in [0.1, 0.15) is 11.9 Å². The Kier molecular flexibility index (Phi) is 4.09. The van der Waals surface area contributed by atoms with Crippen LogP contribution in [0.15, 0.2) is 36.4 Å². The van der Waals surface area contributed by atoms with Crippen LogP contribution in [0.5, 0.6) is 0 Å². The lowest BCUT2D eigenvalue weighted by Gasteiger charge is -2.21. The van der Waals surface area contributed by atoms with E-state index in [4.69, 9.17) is 0 Å². The molecule has 0 unspecified atom stereocenters. The van der Waals surface area contributed by atoms with Crippen LogP contribution in [0.3, 0.4) is 0 Å². The lowest BCUT2D eigenvalue weighted by atomic mass is 10.0. The van der Waals surface area contributed by atoms with Crippen LogP contribution in [-0.4, -0.2) is 17.9 Å². The van der Waals surface area contributed by atoms with Gasteiger partial charge in [0.05, 0.1) is 12.1 Å². The van der Waals surface area contributed by atoms with Crippen molar-refractivity contribution in [3.63, 3.8) is 0 Å². The topological polar surface area (TPSA) is 49.4 Å². The number of nitrogens with one attached hydrogen (secondary N) is 1. The van der Waals surface area contributed by atoms with E-state index in [0.717, 1.165) is 16.7 Å². The van der Waals surface area contributed by atoms with E-state index in [-0.39, 0.29) is 24.1 Å². The molecule has 0 spiro atoms. The average molecular weight is 326 g/mol. The van der Waals surface area contributed by atoms with Crippen LogP contribution in [0.1, 0.15) is 23.1 Å². The molecule has 2 amide bonds. The summed E-state index contributed by atoms with van der Waals surface area (Å²) in [6, 6.07) is 9.10. The summed E-state index contributed by atoms with van der Waals surface area (Å²) >= 11 is 0. The fourth-order valence-electron chi connectivity index (χ4n) is 3.28. The molecular formula is C19H19FN2O2. The third-order valence-electron chi connectivity index (χ3n) is 4.17. The van der Waals surface area contributed by atoms with Crippen molar-refractivity contribution in [2.24, 2.45) is 0 Å². The predicted molar refractivity (Wildman–Crippen MR) is 91.6 cm³/mol. The highest BCUT2D eigenvalue weighted by Gasteiger charge is 2.40. The summed E-state index contributed by atoms with van der Waals surface area (Å²) < 4.78 is 13.3. The molecule has 1 aliphatic rings. The van der Waals surface area contributed by atoms with Crippen molar-refractivity contribution in [3.8, 4) is 0 Å². The van der Waals surface area contributed by atoms with E-state index in [0.29, 0.717) is 11.4 Å². The second kappa shape index (κ2) is 6.07. The van der Waals surface area contributed by atoms with Gasteiger partial charge >= 0.3 is 0 Å². The Hall–Kier alpha value is -2.69. The Balaban J connectivity index is 1.90. The van der Waals surface area contributed by atoms with Crippen LogP contribution in [-0.2, 0) is 9.59 Å². The van der Waals surface area contributed by atoms with Crippen molar-refractivity contribution < 1.29 is 14.0 Å². The second-order valence-corrected chi connectivity index (χ2v) is 6.23. The van der Waals surface area contributed by atoms with E-state index < -0.39 is 6.04 Å². The summed E-state index contributed by atoms with van der Waals surface area (Å²) in [5.41, 5.74) is 4.00. The molecule has 2 aromatic carbocycles. The Morgan fingerprint density at radius 1 is 1.08 bits per heavy atom. The molecule has 1 fully saturated rings. The van der Waals surface area contributed by atoms with Gasteiger partial charge in [-0.05, 0) is 50.1 Å². The maximum absolute atomic E-state index is 13.3. The van der Waals surface area contributed by atoms with E-state index in [1.54, 1.807) is 12.1 Å². The van der Waals surface area contributed by atoms with Gasteiger partial charge in [-0.2, -0.15) is 0 Å². The summed E-state index contributed by atoms with van der Waals surface area (Å²) in [6.07, 6.45) is 0.0576. The number of hydrogen-bond donors (Lipinski definition) is 1. The molecule has 1 N–H and O–H groups in total. The molecule has 0 aromatic heterocycles. The molecule has 0 saturated carbocycles. The third-order valence-corrected chi connectivity index (χ3v) is 4.17. The monoisotopic (exact) mass is 326 g/mol. The van der Waals surface area contributed by atoms with E-state index in [2.05, 4.69) is 5.32 Å². The molecule has 24 heavy (non-hydrogen) atoms. The van der Waals surface area contributed by atoms with Crippen molar-refractivity contribution >= 4 is 23.2 Å². The molecule has 1 aliphatic heterocycles. The zero-order chi connectivity index (χ0) is 17.4. The van der Waals surface area contributed by atoms with E-state index >= 15 is 0 Å². The molecule has 4 nitrogen and oxygen atoms in total. The first-order valence-corrected chi connectivity index (χ1v) is 7.83. The van der Waals surface area contributed by atoms with Gasteiger partial charge in [-0.3, -0.25) is 9.59 Å². The number of carbonyl (C=O) groups excluding carboxylic acids is 2. The lowest BCUT2D eigenvalue weighted by Crippen LogP contribution is -2.35. The number of halogens is 1. The molecule has 0 aliphatic carbocycles. The van der Waals surface area contributed by atoms with Gasteiger partial charge in [-0.1, -0.05) is 23.8 Å². The summed E-state index contributed by atoms with van der Waals surface area (Å²) in [6.45, 7) is 5.76. The number of hydrogen-bond acceptors (Lipinski definition) is 3. The molecule has 5 heteroatoms. The predicted octanol–water partition coefficient (Wildman–Crippen LogP) is 3.49. The Bertz CT molecular complexity index is 809. The zero-order valence-electron chi connectivity index (χ0n) is 13.9. The normalized spacial score (nSPS) is 17.5. The Morgan fingerprint density at radius 2 is 1.75 bits per heavy atom. The summed E-state index contributed by atoms with van der Waals surface area (Å²) in [4.78, 5) is 26.4. The van der Waals surface area contributed by atoms with Crippen molar-refractivity contribution in [1.82, 2.24) is 0 Å². The van der Waals surface area contributed by atoms with Crippen LogP contribution >= 0.6 is 0 Å². The standard InChI is InChI=1S/C19H19FN2O2/c1-11-7-12(2)18(13(3)8-11)22-17(23)10-16(19(22)24)21-15-6-4-5-14(20)9-15/h4-9,16,21H,10H2,1-3H3/t16-/m0/s1. The first-order chi connectivity index (χ1) is 11.4. The lowest BCUT2D eigenvalue weighted by molar-refractivity contribution is -0.121. The number of benzene rings is 2. The maximum Gasteiger partial charge on any atom is 0.256 e. The number of aryl methyl sites for hydroxylation is 3. The number of carbonyl (C=O) groups is 2. The van der Waals surface area contributed by atoms with Crippen molar-refractivity contribution in [2.45, 2.75) is 33.2 Å². The molecule has 0 bridgehead atoms. The zero-order valence-corrected chi connectivity index (χ0v) is 13.9. The molecule has 1 heterocycles. The highest BCUT2D eigenvalue weighted by atomic mass is 19.1. The van der Waals surface area contributed by atoms with E-state index in [1.807, 2.05) is 32.9 Å². The highest BCUT2D eigenvalue weighted by molar-refractivity contribution is 6.23. The highest BCUT2D eigenvalue weighted by Crippen LogP contribution is 2.31. The molecule has 2 aromatic rings. The minimum absolute atomic E-state index is 0.0576. The molecular weight excluding hydrogens is 307 g/mol. The van der Waals surface area contributed by atoms with Crippen molar-refractivity contribution in [2.75, 3.05) is 10.2 Å². The van der Waals surface area contributed by atoms with Gasteiger partial charge in [-0.25, -0.2) is 9.29 Å². The first kappa shape index (κ1) is 16.2. The van der Waals surface area contributed by atoms with Crippen LogP contribution in [0.4, 0.5) is 15.8 Å².